The first-order chi connectivity index (χ1) is 8.70. The van der Waals surface area contributed by atoms with Gasteiger partial charge in [-0.1, -0.05) is 32.9 Å². The average molecular weight is 262 g/mol. The lowest BCUT2D eigenvalue weighted by Crippen LogP contribution is -2.40. The number of rotatable bonds is 3. The SMILES string of the molecule is CC(=O)NC(C)C(=O)Nc1ccc(C(C)(C)C)cc1. The van der Waals surface area contributed by atoms with Crippen LogP contribution in [0.5, 0.6) is 0 Å². The van der Waals surface area contributed by atoms with Gasteiger partial charge in [0, 0.05) is 12.6 Å². The van der Waals surface area contributed by atoms with Gasteiger partial charge in [-0.25, -0.2) is 0 Å². The molecule has 19 heavy (non-hydrogen) atoms. The lowest BCUT2D eigenvalue weighted by Gasteiger charge is -2.19. The molecule has 0 aromatic heterocycles. The lowest BCUT2D eigenvalue weighted by molar-refractivity contribution is -0.124. The molecule has 0 aliphatic heterocycles. The van der Waals surface area contributed by atoms with Gasteiger partial charge >= 0.3 is 0 Å². The fourth-order valence-electron chi connectivity index (χ4n) is 1.67. The number of nitrogens with one attached hydrogen (secondary N) is 2. The molecule has 1 aromatic rings. The number of benzene rings is 1. The van der Waals surface area contributed by atoms with Crippen LogP contribution in [0.2, 0.25) is 0 Å². The van der Waals surface area contributed by atoms with Crippen LogP contribution in [0.1, 0.15) is 40.2 Å². The van der Waals surface area contributed by atoms with E-state index in [-0.39, 0.29) is 17.2 Å². The molecule has 0 heterocycles. The van der Waals surface area contributed by atoms with Crippen molar-refractivity contribution < 1.29 is 9.59 Å². The third kappa shape index (κ3) is 4.73. The highest BCUT2D eigenvalue weighted by molar-refractivity contribution is 5.96. The molecule has 0 radical (unpaired) electrons. The van der Waals surface area contributed by atoms with Gasteiger partial charge in [-0.05, 0) is 30.0 Å². The predicted octanol–water partition coefficient (Wildman–Crippen LogP) is 2.45. The summed E-state index contributed by atoms with van der Waals surface area (Å²) in [6.07, 6.45) is 0. The summed E-state index contributed by atoms with van der Waals surface area (Å²) in [4.78, 5) is 22.7. The fraction of sp³-hybridized carbons (Fsp3) is 0.467. The maximum Gasteiger partial charge on any atom is 0.246 e. The van der Waals surface area contributed by atoms with Crippen molar-refractivity contribution in [1.29, 1.82) is 0 Å². The van der Waals surface area contributed by atoms with Gasteiger partial charge in [-0.3, -0.25) is 9.59 Å². The monoisotopic (exact) mass is 262 g/mol. The lowest BCUT2D eigenvalue weighted by atomic mass is 9.87. The van der Waals surface area contributed by atoms with Gasteiger partial charge in [0.25, 0.3) is 0 Å². The molecule has 104 valence electrons. The van der Waals surface area contributed by atoms with E-state index < -0.39 is 6.04 Å². The standard InChI is InChI=1S/C15H22N2O2/c1-10(16-11(2)18)14(19)17-13-8-6-12(7-9-13)15(3,4)5/h6-10H,1-5H3,(H,16,18)(H,17,19). The van der Waals surface area contributed by atoms with Crippen LogP contribution >= 0.6 is 0 Å². The van der Waals surface area contributed by atoms with Crippen LogP contribution in [0.15, 0.2) is 24.3 Å². The second kappa shape index (κ2) is 5.87. The Bertz CT molecular complexity index is 458. The van der Waals surface area contributed by atoms with E-state index in [0.717, 1.165) is 5.69 Å². The number of carbonyl (C=O) groups is 2. The Labute approximate surface area is 114 Å². The number of carbonyl (C=O) groups excluding carboxylic acids is 2. The highest BCUT2D eigenvalue weighted by Crippen LogP contribution is 2.23. The summed E-state index contributed by atoms with van der Waals surface area (Å²) in [5.41, 5.74) is 2.03. The molecule has 2 N–H and O–H groups in total. The van der Waals surface area contributed by atoms with Gasteiger partial charge in [0.1, 0.15) is 6.04 Å². The van der Waals surface area contributed by atoms with Crippen molar-refractivity contribution in [3.8, 4) is 0 Å². The van der Waals surface area contributed by atoms with Crippen LogP contribution in [-0.4, -0.2) is 17.9 Å². The molecule has 0 saturated carbocycles. The van der Waals surface area contributed by atoms with Crippen LogP contribution in [0.25, 0.3) is 0 Å². The Morgan fingerprint density at radius 2 is 1.63 bits per heavy atom. The number of amides is 2. The van der Waals surface area contributed by atoms with E-state index in [1.165, 1.54) is 12.5 Å². The third-order valence-electron chi connectivity index (χ3n) is 2.83. The van der Waals surface area contributed by atoms with Crippen molar-refractivity contribution in [1.82, 2.24) is 5.32 Å². The molecule has 0 spiro atoms. The van der Waals surface area contributed by atoms with Gasteiger partial charge in [-0.2, -0.15) is 0 Å². The molecule has 0 saturated heterocycles. The summed E-state index contributed by atoms with van der Waals surface area (Å²) < 4.78 is 0. The number of hydrogen-bond donors (Lipinski definition) is 2. The Kier molecular flexibility index (Phi) is 4.70. The normalized spacial score (nSPS) is 12.7. The van der Waals surface area contributed by atoms with Crippen molar-refractivity contribution in [3.63, 3.8) is 0 Å². The van der Waals surface area contributed by atoms with E-state index in [2.05, 4.69) is 31.4 Å². The first-order valence-corrected chi connectivity index (χ1v) is 6.38. The Morgan fingerprint density at radius 3 is 2.05 bits per heavy atom. The minimum atomic E-state index is -0.542. The van der Waals surface area contributed by atoms with Gasteiger partial charge in [0.05, 0.1) is 0 Å². The van der Waals surface area contributed by atoms with Gasteiger partial charge in [0.2, 0.25) is 11.8 Å². The molecule has 1 rings (SSSR count). The van der Waals surface area contributed by atoms with Gasteiger partial charge in [-0.15, -0.1) is 0 Å². The molecule has 1 aromatic carbocycles. The second-order valence-corrected chi connectivity index (χ2v) is 5.74. The second-order valence-electron chi connectivity index (χ2n) is 5.74. The van der Waals surface area contributed by atoms with Crippen molar-refractivity contribution in [2.75, 3.05) is 5.32 Å². The molecule has 0 aliphatic rings. The molecule has 0 fully saturated rings. The topological polar surface area (TPSA) is 58.2 Å². The molecular weight excluding hydrogens is 240 g/mol. The molecule has 0 bridgehead atoms. The van der Waals surface area contributed by atoms with Gasteiger partial charge in [0.15, 0.2) is 0 Å². The van der Waals surface area contributed by atoms with Crippen LogP contribution in [0.4, 0.5) is 5.69 Å². The van der Waals surface area contributed by atoms with Crippen LogP contribution in [0.3, 0.4) is 0 Å². The Hall–Kier alpha value is -1.84. The summed E-state index contributed by atoms with van der Waals surface area (Å²) >= 11 is 0. The molecule has 4 heteroatoms. The first-order valence-electron chi connectivity index (χ1n) is 6.38. The smallest absolute Gasteiger partial charge is 0.246 e. The zero-order chi connectivity index (χ0) is 14.6. The summed E-state index contributed by atoms with van der Waals surface area (Å²) in [6.45, 7) is 9.46. The summed E-state index contributed by atoms with van der Waals surface area (Å²) in [7, 11) is 0. The minimum Gasteiger partial charge on any atom is -0.345 e. The van der Waals surface area contributed by atoms with E-state index in [1.807, 2.05) is 24.3 Å². The number of anilines is 1. The number of hydrogen-bond acceptors (Lipinski definition) is 2. The van der Waals surface area contributed by atoms with E-state index in [1.54, 1.807) is 6.92 Å². The van der Waals surface area contributed by atoms with Crippen molar-refractivity contribution in [2.45, 2.75) is 46.1 Å². The molecular formula is C15H22N2O2. The van der Waals surface area contributed by atoms with Crippen molar-refractivity contribution in [3.05, 3.63) is 29.8 Å². The van der Waals surface area contributed by atoms with Crippen LogP contribution in [0, 0.1) is 0 Å². The first kappa shape index (κ1) is 15.2. The summed E-state index contributed by atoms with van der Waals surface area (Å²) in [5, 5.41) is 5.32. The maximum absolute atomic E-state index is 11.8. The highest BCUT2D eigenvalue weighted by Gasteiger charge is 2.15. The van der Waals surface area contributed by atoms with E-state index in [0.29, 0.717) is 0 Å². The predicted molar refractivity (Wildman–Crippen MR) is 77.1 cm³/mol. The summed E-state index contributed by atoms with van der Waals surface area (Å²) in [6, 6.07) is 7.20. The van der Waals surface area contributed by atoms with E-state index >= 15 is 0 Å². The van der Waals surface area contributed by atoms with Crippen molar-refractivity contribution in [2.24, 2.45) is 0 Å². The van der Waals surface area contributed by atoms with Crippen LogP contribution in [-0.2, 0) is 15.0 Å². The molecule has 1 unspecified atom stereocenters. The highest BCUT2D eigenvalue weighted by atomic mass is 16.2. The van der Waals surface area contributed by atoms with Crippen LogP contribution < -0.4 is 10.6 Å². The molecule has 4 nitrogen and oxygen atoms in total. The zero-order valence-corrected chi connectivity index (χ0v) is 12.2. The van der Waals surface area contributed by atoms with Gasteiger partial charge < -0.3 is 10.6 Å². The molecule has 2 amide bonds. The average Bonchev–Trinajstić information content (AvgIpc) is 2.27. The molecule has 1 atom stereocenters. The Balaban J connectivity index is 2.68. The fourth-order valence-corrected chi connectivity index (χ4v) is 1.67. The maximum atomic E-state index is 11.8. The summed E-state index contributed by atoms with van der Waals surface area (Å²) in [5.74, 6) is -0.440. The quantitative estimate of drug-likeness (QED) is 0.879. The molecule has 0 aliphatic carbocycles. The minimum absolute atomic E-state index is 0.0893. The Morgan fingerprint density at radius 1 is 1.11 bits per heavy atom. The third-order valence-corrected chi connectivity index (χ3v) is 2.83. The zero-order valence-electron chi connectivity index (χ0n) is 12.2. The van der Waals surface area contributed by atoms with Crippen molar-refractivity contribution >= 4 is 17.5 Å². The van der Waals surface area contributed by atoms with E-state index in [4.69, 9.17) is 0 Å². The van der Waals surface area contributed by atoms with E-state index in [9.17, 15) is 9.59 Å². The largest absolute Gasteiger partial charge is 0.345 e.